The van der Waals surface area contributed by atoms with Crippen molar-refractivity contribution in [3.8, 4) is 5.75 Å². The van der Waals surface area contributed by atoms with Gasteiger partial charge in [0.1, 0.15) is 0 Å². The number of pyridine rings is 1. The number of rotatable bonds is 2. The van der Waals surface area contributed by atoms with E-state index in [1.165, 1.54) is 11.3 Å². The van der Waals surface area contributed by atoms with Gasteiger partial charge in [-0.2, -0.15) is 0 Å². The molecule has 0 saturated carbocycles. The minimum Gasteiger partial charge on any atom is -0.491 e. The molecule has 3 aliphatic rings. The van der Waals surface area contributed by atoms with E-state index < -0.39 is 15.9 Å². The van der Waals surface area contributed by atoms with E-state index in [4.69, 9.17) is 14.9 Å². The Labute approximate surface area is 168 Å². The Kier molecular flexibility index (Phi) is 4.41. The number of aryl methyl sites for hydroxylation is 3. The van der Waals surface area contributed by atoms with E-state index in [0.717, 1.165) is 85.1 Å². The third-order valence-electron chi connectivity index (χ3n) is 5.59. The number of carbonyl (C=O) groups is 1. The Morgan fingerprint density at radius 3 is 2.57 bits per heavy atom. The van der Waals surface area contributed by atoms with E-state index >= 15 is 0 Å². The highest BCUT2D eigenvalue weighted by atomic mass is 32.2. The number of thiophene rings is 1. The van der Waals surface area contributed by atoms with Gasteiger partial charge in [-0.1, -0.05) is 0 Å². The molecule has 0 saturated heterocycles. The van der Waals surface area contributed by atoms with Gasteiger partial charge in [-0.05, 0) is 67.9 Å². The van der Waals surface area contributed by atoms with Crippen molar-refractivity contribution in [2.45, 2.75) is 55.6 Å². The number of amides is 2. The number of nitrogens with zero attached hydrogens (tertiary/aromatic N) is 2. The number of ether oxygens (including phenoxy) is 1. The first kappa shape index (κ1) is 18.1. The molecular formula is C19H22N4O3S2. The fourth-order valence-electron chi connectivity index (χ4n) is 4.36. The van der Waals surface area contributed by atoms with Gasteiger partial charge in [-0.3, -0.25) is 4.98 Å². The van der Waals surface area contributed by atoms with Crippen LogP contribution in [0.25, 0.3) is 0 Å². The van der Waals surface area contributed by atoms with Crippen LogP contribution in [0, 0.1) is 0 Å². The molecule has 2 amide bonds. The van der Waals surface area contributed by atoms with Crippen molar-refractivity contribution in [2.24, 2.45) is 9.50 Å². The zero-order valence-corrected chi connectivity index (χ0v) is 17.1. The molecule has 0 fully saturated rings. The number of nitrogens with two attached hydrogens (primary N) is 1. The van der Waals surface area contributed by atoms with E-state index in [-0.39, 0.29) is 0 Å². The number of hydrogen-bond acceptors (Lipinski definition) is 5. The number of anilines is 1. The summed E-state index contributed by atoms with van der Waals surface area (Å²) in [5.74, 6) is 0.547. The van der Waals surface area contributed by atoms with Crippen LogP contribution in [0.15, 0.2) is 14.0 Å². The van der Waals surface area contributed by atoms with Crippen LogP contribution in [-0.4, -0.2) is 21.8 Å². The van der Waals surface area contributed by atoms with Crippen molar-refractivity contribution in [2.75, 3.05) is 11.9 Å². The lowest BCUT2D eigenvalue weighted by molar-refractivity contribution is 0.260. The second-order valence-corrected chi connectivity index (χ2v) is 10.3. The fraction of sp³-hybridized carbons (Fsp3) is 0.474. The van der Waals surface area contributed by atoms with Gasteiger partial charge in [0.05, 0.1) is 12.3 Å². The van der Waals surface area contributed by atoms with Crippen LogP contribution in [0.2, 0.25) is 0 Å². The van der Waals surface area contributed by atoms with Crippen LogP contribution in [0.4, 0.5) is 10.5 Å². The van der Waals surface area contributed by atoms with E-state index in [9.17, 15) is 9.00 Å². The van der Waals surface area contributed by atoms with Crippen LogP contribution in [0.3, 0.4) is 0 Å². The van der Waals surface area contributed by atoms with Crippen LogP contribution in [0.5, 0.6) is 5.75 Å². The standard InChI is InChI=1S/C19H22N4O3S2/c20-28(25,18-17-11(10-27-18)4-3-9-26-17)23-19(24)22-16-12-5-1-7-14(12)21-15-8-2-6-13(15)16/h10H,1-9H2,(H3,20,21,22,23,24,25). The van der Waals surface area contributed by atoms with Gasteiger partial charge in [0, 0.05) is 17.0 Å². The molecular weight excluding hydrogens is 396 g/mol. The molecule has 0 spiro atoms. The van der Waals surface area contributed by atoms with Crippen molar-refractivity contribution in [1.29, 1.82) is 0 Å². The number of hydrogen-bond donors (Lipinski definition) is 2. The highest BCUT2D eigenvalue weighted by Gasteiger charge is 2.28. The second-order valence-electron chi connectivity index (χ2n) is 7.46. The molecule has 9 heteroatoms. The van der Waals surface area contributed by atoms with Gasteiger partial charge >= 0.3 is 6.03 Å². The molecule has 1 unspecified atom stereocenters. The number of carbonyl (C=O) groups excluding carboxylic acids is 1. The Morgan fingerprint density at radius 2 is 1.86 bits per heavy atom. The van der Waals surface area contributed by atoms with Gasteiger partial charge in [0.25, 0.3) is 0 Å². The normalized spacial score (nSPS) is 19.2. The average Bonchev–Trinajstić information content (AvgIpc) is 3.39. The third kappa shape index (κ3) is 3.01. The Hall–Kier alpha value is -1.97. The molecule has 3 N–H and O–H groups in total. The van der Waals surface area contributed by atoms with Gasteiger partial charge in [0.2, 0.25) is 0 Å². The maximum atomic E-state index is 13.1. The lowest BCUT2D eigenvalue weighted by Gasteiger charge is -2.16. The Bertz CT molecular complexity index is 1070. The minimum atomic E-state index is -3.37. The van der Waals surface area contributed by atoms with Gasteiger partial charge in [0.15, 0.2) is 19.9 Å². The van der Waals surface area contributed by atoms with Crippen LogP contribution < -0.4 is 15.2 Å². The second kappa shape index (κ2) is 6.82. The molecule has 1 aliphatic heterocycles. The van der Waals surface area contributed by atoms with E-state index in [0.29, 0.717) is 16.6 Å². The molecule has 0 bridgehead atoms. The van der Waals surface area contributed by atoms with E-state index in [1.807, 2.05) is 5.38 Å². The van der Waals surface area contributed by atoms with Crippen LogP contribution >= 0.6 is 11.3 Å². The zero-order valence-electron chi connectivity index (χ0n) is 15.5. The zero-order chi connectivity index (χ0) is 19.3. The summed E-state index contributed by atoms with van der Waals surface area (Å²) in [5.41, 5.74) is 6.16. The minimum absolute atomic E-state index is 0.350. The van der Waals surface area contributed by atoms with Crippen molar-refractivity contribution < 1.29 is 13.7 Å². The Morgan fingerprint density at radius 1 is 1.14 bits per heavy atom. The first-order valence-corrected chi connectivity index (χ1v) is 12.1. The summed E-state index contributed by atoms with van der Waals surface area (Å²) in [4.78, 5) is 17.5. The first-order chi connectivity index (χ1) is 13.5. The smallest absolute Gasteiger partial charge is 0.354 e. The summed E-state index contributed by atoms with van der Waals surface area (Å²) in [6.45, 7) is 0.563. The van der Waals surface area contributed by atoms with Gasteiger partial charge in [-0.15, -0.1) is 15.7 Å². The summed E-state index contributed by atoms with van der Waals surface area (Å²) in [6.07, 6.45) is 7.54. The van der Waals surface area contributed by atoms with Crippen molar-refractivity contribution >= 4 is 33.0 Å². The van der Waals surface area contributed by atoms with E-state index in [2.05, 4.69) is 9.68 Å². The monoisotopic (exact) mass is 418 g/mol. The van der Waals surface area contributed by atoms with E-state index in [1.54, 1.807) is 0 Å². The molecule has 2 aliphatic carbocycles. The quantitative estimate of drug-likeness (QED) is 0.779. The van der Waals surface area contributed by atoms with Gasteiger partial charge in [-0.25, -0.2) is 14.1 Å². The SMILES string of the molecule is NS(=O)(=NC(=O)Nc1c2c(nc3c1CCC3)CCC2)c1scc2c1OCCC2. The average molecular weight is 419 g/mol. The van der Waals surface area contributed by atoms with Crippen molar-refractivity contribution in [1.82, 2.24) is 4.98 Å². The highest BCUT2D eigenvalue weighted by molar-refractivity contribution is 7.93. The summed E-state index contributed by atoms with van der Waals surface area (Å²) in [5, 5.41) is 10.8. The summed E-state index contributed by atoms with van der Waals surface area (Å²) in [7, 11) is -3.37. The number of fused-ring (bicyclic) bond motifs is 3. The van der Waals surface area contributed by atoms with Crippen LogP contribution in [0.1, 0.15) is 47.3 Å². The third-order valence-corrected chi connectivity index (χ3v) is 8.55. The summed E-state index contributed by atoms with van der Waals surface area (Å²) in [6, 6.07) is -0.667. The molecule has 0 radical (unpaired) electrons. The predicted octanol–water partition coefficient (Wildman–Crippen LogP) is 3.38. The first-order valence-electron chi connectivity index (χ1n) is 9.65. The molecule has 3 heterocycles. The molecule has 0 aromatic carbocycles. The van der Waals surface area contributed by atoms with Crippen molar-refractivity contribution in [3.63, 3.8) is 0 Å². The summed E-state index contributed by atoms with van der Waals surface area (Å²) < 4.78 is 22.9. The lowest BCUT2D eigenvalue weighted by atomic mass is 10.1. The number of aromatic nitrogens is 1. The maximum absolute atomic E-state index is 13.1. The molecule has 7 nitrogen and oxygen atoms in total. The molecule has 148 valence electrons. The van der Waals surface area contributed by atoms with Crippen molar-refractivity contribution in [3.05, 3.63) is 33.5 Å². The highest BCUT2D eigenvalue weighted by Crippen LogP contribution is 2.39. The fourth-order valence-corrected chi connectivity index (χ4v) is 6.77. The number of nitrogens with one attached hydrogen (secondary N) is 1. The van der Waals surface area contributed by atoms with Gasteiger partial charge < -0.3 is 10.1 Å². The maximum Gasteiger partial charge on any atom is 0.354 e. The number of urea groups is 1. The Balaban J connectivity index is 1.49. The predicted molar refractivity (Wildman–Crippen MR) is 108 cm³/mol. The molecule has 2 aromatic heterocycles. The summed E-state index contributed by atoms with van der Waals surface area (Å²) >= 11 is 1.25. The topological polar surface area (TPSA) is 107 Å². The molecule has 5 rings (SSSR count). The molecule has 2 aromatic rings. The molecule has 28 heavy (non-hydrogen) atoms. The lowest BCUT2D eigenvalue weighted by Crippen LogP contribution is -2.19. The van der Waals surface area contributed by atoms with Crippen LogP contribution in [-0.2, 0) is 42.0 Å². The molecule has 1 atom stereocenters. The largest absolute Gasteiger partial charge is 0.491 e.